The lowest BCUT2D eigenvalue weighted by Gasteiger charge is -2.23. The number of aryl methyl sites for hydroxylation is 1. The van der Waals surface area contributed by atoms with E-state index in [-0.39, 0.29) is 23.8 Å². The van der Waals surface area contributed by atoms with Crippen molar-refractivity contribution >= 4 is 15.8 Å². The molecule has 0 aliphatic rings. The maximum atomic E-state index is 13.6. The van der Waals surface area contributed by atoms with E-state index in [9.17, 15) is 13.2 Å². The molecule has 7 heteroatoms. The molecule has 0 spiro atoms. The first-order valence-corrected chi connectivity index (χ1v) is 12.8. The van der Waals surface area contributed by atoms with E-state index in [2.05, 4.69) is 9.97 Å². The first kappa shape index (κ1) is 24.4. The van der Waals surface area contributed by atoms with Crippen LogP contribution in [0.1, 0.15) is 30.0 Å². The zero-order valence-corrected chi connectivity index (χ0v) is 20.4. The molecule has 0 saturated heterocycles. The average molecular weight is 486 g/mol. The quantitative estimate of drug-likeness (QED) is 0.314. The van der Waals surface area contributed by atoms with E-state index >= 15 is 0 Å². The molecule has 0 bridgehead atoms. The molecule has 0 aliphatic carbocycles. The molecule has 2 aromatic heterocycles. The first-order valence-electron chi connectivity index (χ1n) is 11.4. The van der Waals surface area contributed by atoms with Crippen molar-refractivity contribution in [3.05, 3.63) is 114 Å². The van der Waals surface area contributed by atoms with Crippen molar-refractivity contribution in [1.29, 1.82) is 0 Å². The zero-order chi connectivity index (χ0) is 24.7. The largest absolute Gasteiger partial charge is 0.300 e. The van der Waals surface area contributed by atoms with Gasteiger partial charge in [0.2, 0.25) is 10.0 Å². The van der Waals surface area contributed by atoms with Crippen LogP contribution in [0.4, 0.5) is 0 Å². The first-order chi connectivity index (χ1) is 16.9. The minimum Gasteiger partial charge on any atom is -0.300 e. The molecule has 0 unspecified atom stereocenters. The third-order valence-corrected chi connectivity index (χ3v) is 7.44. The van der Waals surface area contributed by atoms with Crippen LogP contribution in [0.25, 0.3) is 11.3 Å². The molecule has 0 N–H and O–H groups in total. The topological polar surface area (TPSA) is 80.2 Å². The molecule has 0 aliphatic heterocycles. The summed E-state index contributed by atoms with van der Waals surface area (Å²) >= 11 is 0. The molecule has 35 heavy (non-hydrogen) atoms. The zero-order valence-electron chi connectivity index (χ0n) is 19.5. The van der Waals surface area contributed by atoms with E-state index < -0.39 is 10.0 Å². The van der Waals surface area contributed by atoms with Gasteiger partial charge in [-0.3, -0.25) is 9.97 Å². The van der Waals surface area contributed by atoms with E-state index in [0.717, 1.165) is 27.9 Å². The van der Waals surface area contributed by atoms with Crippen molar-refractivity contribution in [1.82, 2.24) is 14.3 Å². The number of ketones is 1. The Hall–Kier alpha value is -3.68. The van der Waals surface area contributed by atoms with Gasteiger partial charge in [-0.2, -0.15) is 4.31 Å². The van der Waals surface area contributed by atoms with Crippen molar-refractivity contribution in [3.63, 3.8) is 0 Å². The third kappa shape index (κ3) is 6.47. The van der Waals surface area contributed by atoms with Crippen LogP contribution in [-0.4, -0.2) is 28.5 Å². The van der Waals surface area contributed by atoms with Gasteiger partial charge in [0.1, 0.15) is 10.7 Å². The second kappa shape index (κ2) is 11.2. The molecule has 0 amide bonds. The normalized spacial score (nSPS) is 11.5. The number of hydrogen-bond donors (Lipinski definition) is 0. The fourth-order valence-electron chi connectivity index (χ4n) is 3.80. The summed E-state index contributed by atoms with van der Waals surface area (Å²) < 4.78 is 28.6. The van der Waals surface area contributed by atoms with Gasteiger partial charge in [-0.1, -0.05) is 54.6 Å². The molecule has 2 aromatic carbocycles. The Kier molecular flexibility index (Phi) is 7.80. The Morgan fingerprint density at radius 3 is 2.29 bits per heavy atom. The van der Waals surface area contributed by atoms with Crippen LogP contribution in [0.15, 0.2) is 102 Å². The van der Waals surface area contributed by atoms with E-state index in [1.54, 1.807) is 31.5 Å². The molecule has 6 nitrogen and oxygen atoms in total. The van der Waals surface area contributed by atoms with Crippen molar-refractivity contribution in [2.45, 2.75) is 37.8 Å². The van der Waals surface area contributed by atoms with Crippen molar-refractivity contribution in [2.75, 3.05) is 0 Å². The summed E-state index contributed by atoms with van der Waals surface area (Å²) in [6, 6.07) is 24.4. The van der Waals surface area contributed by atoms with Crippen molar-refractivity contribution in [3.8, 4) is 11.3 Å². The fourth-order valence-corrected chi connectivity index (χ4v) is 5.18. The minimum atomic E-state index is -3.79. The summed E-state index contributed by atoms with van der Waals surface area (Å²) in [5.74, 6) is 0.130. The Morgan fingerprint density at radius 1 is 0.829 bits per heavy atom. The second-order valence-electron chi connectivity index (χ2n) is 8.40. The predicted octanol–water partition coefficient (Wildman–Crippen LogP) is 5.06. The predicted molar refractivity (Wildman–Crippen MR) is 136 cm³/mol. The van der Waals surface area contributed by atoms with Gasteiger partial charge in [-0.25, -0.2) is 8.42 Å². The van der Waals surface area contributed by atoms with Crippen molar-refractivity contribution in [2.24, 2.45) is 0 Å². The molecule has 4 rings (SSSR count). The van der Waals surface area contributed by atoms with E-state index in [4.69, 9.17) is 0 Å². The maximum Gasteiger partial charge on any atom is 0.245 e. The Morgan fingerprint density at radius 2 is 1.60 bits per heavy atom. The van der Waals surface area contributed by atoms with Crippen LogP contribution >= 0.6 is 0 Å². The van der Waals surface area contributed by atoms with Crippen LogP contribution in [0.3, 0.4) is 0 Å². The lowest BCUT2D eigenvalue weighted by atomic mass is 10.0. The van der Waals surface area contributed by atoms with Gasteiger partial charge >= 0.3 is 0 Å². The second-order valence-corrected chi connectivity index (χ2v) is 10.3. The lowest BCUT2D eigenvalue weighted by Crippen LogP contribution is -2.30. The van der Waals surface area contributed by atoms with Gasteiger partial charge in [-0.15, -0.1) is 0 Å². The standard InChI is InChI=1S/C28H27N3O3S/c1-22(32)10-11-23-6-4-7-25(18-23)21-31(35(33,34)27-8-5-16-29-19-27)20-24-12-14-26(15-13-24)28-9-2-3-17-30-28/h2-9,12-19H,10-11,20-21H2,1H3. The number of pyridine rings is 2. The summed E-state index contributed by atoms with van der Waals surface area (Å²) in [7, 11) is -3.79. The smallest absolute Gasteiger partial charge is 0.245 e. The lowest BCUT2D eigenvalue weighted by molar-refractivity contribution is -0.116. The Balaban J connectivity index is 1.61. The summed E-state index contributed by atoms with van der Waals surface area (Å²) in [6.45, 7) is 1.98. The number of carbonyl (C=O) groups excluding carboxylic acids is 1. The number of benzene rings is 2. The Bertz CT molecular complexity index is 1370. The number of nitrogens with zero attached hydrogens (tertiary/aromatic N) is 3. The summed E-state index contributed by atoms with van der Waals surface area (Å²) in [5, 5.41) is 0. The van der Waals surface area contributed by atoms with Gasteiger partial charge in [0.05, 0.1) is 5.69 Å². The molecule has 178 valence electrons. The van der Waals surface area contributed by atoms with Gasteiger partial charge in [0, 0.05) is 43.7 Å². The highest BCUT2D eigenvalue weighted by atomic mass is 32.2. The van der Waals surface area contributed by atoms with Crippen LogP contribution in [-0.2, 0) is 34.3 Å². The molecular weight excluding hydrogens is 458 g/mol. The highest BCUT2D eigenvalue weighted by molar-refractivity contribution is 7.89. The summed E-state index contributed by atoms with van der Waals surface area (Å²) in [5.41, 5.74) is 4.57. The van der Waals surface area contributed by atoms with E-state index in [1.165, 1.54) is 10.5 Å². The SMILES string of the molecule is CC(=O)CCc1cccc(CN(Cc2ccc(-c3ccccn3)cc2)S(=O)(=O)c2cccnc2)c1. The van der Waals surface area contributed by atoms with E-state index in [0.29, 0.717) is 12.8 Å². The maximum absolute atomic E-state index is 13.6. The number of rotatable bonds is 10. The third-order valence-electron chi connectivity index (χ3n) is 5.66. The van der Waals surface area contributed by atoms with Gasteiger partial charge in [0.25, 0.3) is 0 Å². The Labute approximate surface area is 206 Å². The van der Waals surface area contributed by atoms with Gasteiger partial charge in [-0.05, 0) is 54.3 Å². The minimum absolute atomic E-state index is 0.130. The highest BCUT2D eigenvalue weighted by Crippen LogP contribution is 2.23. The monoisotopic (exact) mass is 485 g/mol. The number of Topliss-reactive ketones (excluding diaryl/α,β-unsaturated/α-hetero) is 1. The van der Waals surface area contributed by atoms with Gasteiger partial charge in [0.15, 0.2) is 0 Å². The van der Waals surface area contributed by atoms with Gasteiger partial charge < -0.3 is 4.79 Å². The molecular formula is C28H27N3O3S. The molecule has 0 atom stereocenters. The highest BCUT2D eigenvalue weighted by Gasteiger charge is 2.25. The average Bonchev–Trinajstić information content (AvgIpc) is 2.89. The fraction of sp³-hybridized carbons (Fsp3) is 0.179. The molecule has 0 saturated carbocycles. The molecule has 0 fully saturated rings. The van der Waals surface area contributed by atoms with Crippen molar-refractivity contribution < 1.29 is 13.2 Å². The number of hydrogen-bond acceptors (Lipinski definition) is 5. The number of aromatic nitrogens is 2. The number of carbonyl (C=O) groups is 1. The van der Waals surface area contributed by atoms with Crippen LogP contribution in [0.2, 0.25) is 0 Å². The van der Waals surface area contributed by atoms with E-state index in [1.807, 2.05) is 66.7 Å². The molecule has 2 heterocycles. The molecule has 0 radical (unpaired) electrons. The molecule has 4 aromatic rings. The van der Waals surface area contributed by atoms with Crippen LogP contribution in [0.5, 0.6) is 0 Å². The van der Waals surface area contributed by atoms with Crippen LogP contribution in [0, 0.1) is 0 Å². The number of sulfonamides is 1. The van der Waals surface area contributed by atoms with Crippen LogP contribution < -0.4 is 0 Å². The summed E-state index contributed by atoms with van der Waals surface area (Å²) in [4.78, 5) is 19.9. The summed E-state index contributed by atoms with van der Waals surface area (Å²) in [6.07, 6.45) is 5.77.